The minimum Gasteiger partial charge on any atom is -0.478 e. The standard InChI is InChI=1S/C31H47BrO6.C19H42N/c1-16(2)22(32)9-8-19(28(36)37)26-21-14-24(35)27-29(5)12-11-23(34)17(3)20(29)10-13-30(27,6)31(21,7)15-25(26)38-18(4)33;1-5-6-7-8-9-10-11-12-13-14-15-16-17-18-19-20(2,3)4/h17,20-21,23-25,27,34-35H,8-15H2,1-7H3,(H,36,37);5-19H2,1-4H3/q;+1/t17-,20?,21+,23+,24+,25-,27+,29-,30-,31-;/m0./s1. The van der Waals surface area contributed by atoms with Crippen molar-refractivity contribution in [3.05, 3.63) is 21.2 Å². The first-order valence-corrected chi connectivity index (χ1v) is 24.6. The van der Waals surface area contributed by atoms with E-state index >= 15 is 0 Å². The van der Waals surface area contributed by atoms with Gasteiger partial charge in [-0.1, -0.05) is 133 Å². The molecule has 4 fully saturated rings. The summed E-state index contributed by atoms with van der Waals surface area (Å²) in [5, 5.41) is 33.0. The largest absolute Gasteiger partial charge is 0.478 e. The normalized spacial score (nSPS) is 33.9. The summed E-state index contributed by atoms with van der Waals surface area (Å²) in [4.78, 5) is 25.0. The van der Waals surface area contributed by atoms with Gasteiger partial charge in [-0.2, -0.15) is 0 Å². The molecule has 0 spiro atoms. The summed E-state index contributed by atoms with van der Waals surface area (Å²) in [6.07, 6.45) is 24.4. The Kier molecular flexibility index (Phi) is 20.1. The van der Waals surface area contributed by atoms with Crippen LogP contribution in [0.3, 0.4) is 0 Å². The Balaban J connectivity index is 0.000000382. The molecule has 0 heterocycles. The molecule has 0 aromatic carbocycles. The minimum atomic E-state index is -0.969. The van der Waals surface area contributed by atoms with Crippen molar-refractivity contribution >= 4 is 27.9 Å². The molecular weight excluding hydrogens is 790 g/mol. The summed E-state index contributed by atoms with van der Waals surface area (Å²) in [6.45, 7) is 18.0. The van der Waals surface area contributed by atoms with E-state index < -0.39 is 24.1 Å². The van der Waals surface area contributed by atoms with Gasteiger partial charge in [-0.15, -0.1) is 0 Å². The number of nitrogens with zero attached hydrogens (tertiary/aromatic N) is 1. The van der Waals surface area contributed by atoms with E-state index in [1.807, 2.05) is 13.8 Å². The number of unbranched alkanes of at least 4 members (excludes halogenated alkanes) is 13. The maximum atomic E-state index is 12.7. The number of aliphatic carboxylic acids is 1. The number of aliphatic hydroxyl groups excluding tert-OH is 2. The zero-order chi connectivity index (χ0) is 43.5. The van der Waals surface area contributed by atoms with Crippen molar-refractivity contribution in [2.75, 3.05) is 27.7 Å². The summed E-state index contributed by atoms with van der Waals surface area (Å²) in [5.41, 5.74) is 1.45. The highest BCUT2D eigenvalue weighted by atomic mass is 79.9. The lowest BCUT2D eigenvalue weighted by molar-refractivity contribution is -0.870. The number of rotatable bonds is 20. The molecule has 0 radical (unpaired) electrons. The van der Waals surface area contributed by atoms with Crippen molar-refractivity contribution < 1.29 is 34.1 Å². The lowest BCUT2D eigenvalue weighted by Crippen LogP contribution is -2.65. The fraction of sp³-hybridized carbons (Fsp3) is 0.880. The number of aliphatic hydroxyl groups is 2. The van der Waals surface area contributed by atoms with E-state index in [1.54, 1.807) is 0 Å². The van der Waals surface area contributed by atoms with Crippen molar-refractivity contribution in [2.45, 2.75) is 215 Å². The number of quaternary nitrogens is 1. The van der Waals surface area contributed by atoms with E-state index in [-0.39, 0.29) is 40.1 Å². The number of carboxylic acid groups (broad SMARTS) is 1. The third-order valence-corrected chi connectivity index (χ3v) is 17.1. The molecule has 4 aliphatic rings. The Bertz CT molecular complexity index is 1380. The predicted octanol–water partition coefficient (Wildman–Crippen LogP) is 12.6. The van der Waals surface area contributed by atoms with Crippen LogP contribution in [0.4, 0.5) is 0 Å². The molecule has 0 aromatic heterocycles. The van der Waals surface area contributed by atoms with Crippen LogP contribution >= 0.6 is 15.9 Å². The molecule has 4 rings (SSSR count). The van der Waals surface area contributed by atoms with Gasteiger partial charge in [0.1, 0.15) is 6.10 Å². The first kappa shape index (κ1) is 51.1. The van der Waals surface area contributed by atoms with Crippen molar-refractivity contribution in [3.8, 4) is 0 Å². The third kappa shape index (κ3) is 12.9. The molecule has 4 aliphatic carbocycles. The highest BCUT2D eigenvalue weighted by molar-refractivity contribution is 9.11. The van der Waals surface area contributed by atoms with E-state index in [2.05, 4.69) is 71.7 Å². The lowest BCUT2D eigenvalue weighted by atomic mass is 9.36. The topological polar surface area (TPSA) is 104 Å². The predicted molar refractivity (Wildman–Crippen MR) is 244 cm³/mol. The average molecular weight is 880 g/mol. The Labute approximate surface area is 364 Å². The fourth-order valence-corrected chi connectivity index (χ4v) is 12.7. The molecule has 3 N–H and O–H groups in total. The van der Waals surface area contributed by atoms with Gasteiger partial charge in [-0.25, -0.2) is 4.79 Å². The number of ether oxygens (including phenoxy) is 1. The molecule has 0 aromatic rings. The van der Waals surface area contributed by atoms with Gasteiger partial charge < -0.3 is 24.5 Å². The quantitative estimate of drug-likeness (QED) is 0.0487. The summed E-state index contributed by atoms with van der Waals surface area (Å²) in [7, 11) is 6.88. The molecule has 58 heavy (non-hydrogen) atoms. The molecule has 0 amide bonds. The second-order valence-corrected chi connectivity index (χ2v) is 22.3. The van der Waals surface area contributed by atoms with Crippen LogP contribution in [0, 0.1) is 39.9 Å². The van der Waals surface area contributed by atoms with Crippen LogP contribution < -0.4 is 0 Å². The van der Waals surface area contributed by atoms with Crippen LogP contribution in [0.1, 0.15) is 197 Å². The van der Waals surface area contributed by atoms with E-state index in [4.69, 9.17) is 4.74 Å². The monoisotopic (exact) mass is 879 g/mol. The van der Waals surface area contributed by atoms with Crippen LogP contribution in [0.15, 0.2) is 21.2 Å². The first-order valence-electron chi connectivity index (χ1n) is 23.8. The molecule has 7 nitrogen and oxygen atoms in total. The number of carbonyl (C=O) groups excluding carboxylic acids is 1. The number of carboxylic acids is 1. The van der Waals surface area contributed by atoms with Crippen molar-refractivity contribution in [3.63, 3.8) is 0 Å². The summed E-state index contributed by atoms with van der Waals surface area (Å²) < 4.78 is 8.00. The van der Waals surface area contributed by atoms with Gasteiger partial charge in [0.05, 0.1) is 39.9 Å². The Morgan fingerprint density at radius 2 is 1.31 bits per heavy atom. The number of halogens is 1. The van der Waals surface area contributed by atoms with E-state index in [0.717, 1.165) is 40.2 Å². The van der Waals surface area contributed by atoms with E-state index in [9.17, 15) is 24.9 Å². The van der Waals surface area contributed by atoms with Gasteiger partial charge in [-0.3, -0.25) is 4.79 Å². The number of fused-ring (bicyclic) bond motifs is 5. The summed E-state index contributed by atoms with van der Waals surface area (Å²) >= 11 is 3.60. The van der Waals surface area contributed by atoms with Crippen LogP contribution in [0.25, 0.3) is 0 Å². The SMILES string of the molecule is CC(=O)O[C@H]1C[C@@]2(C)[C@H](C[C@@H](O)[C@@H]3[C@@]4(C)CC[C@@H](O)[C@@H](C)C4CC[C@@]32C)C1=C(CCC(Br)=C(C)C)C(=O)O.CCCCCCCCCCCCCCCC[N+](C)(C)C. The minimum absolute atomic E-state index is 0.0374. The second kappa shape index (κ2) is 22.7. The van der Waals surface area contributed by atoms with E-state index in [0.29, 0.717) is 42.7 Å². The molecule has 1 unspecified atom stereocenters. The molecule has 0 saturated heterocycles. The smallest absolute Gasteiger partial charge is 0.331 e. The van der Waals surface area contributed by atoms with Gasteiger partial charge >= 0.3 is 11.9 Å². The Morgan fingerprint density at radius 1 is 0.776 bits per heavy atom. The molecule has 10 atom stereocenters. The van der Waals surface area contributed by atoms with Gasteiger partial charge in [0.25, 0.3) is 0 Å². The van der Waals surface area contributed by atoms with Crippen LogP contribution in [-0.2, 0) is 14.3 Å². The second-order valence-electron chi connectivity index (χ2n) is 21.3. The molecule has 0 aliphatic heterocycles. The molecule has 0 bridgehead atoms. The Hall–Kier alpha value is -1.22. The van der Waals surface area contributed by atoms with Crippen LogP contribution in [0.2, 0.25) is 0 Å². The molecular formula is C50H89BrNO6+. The van der Waals surface area contributed by atoms with Crippen molar-refractivity contribution in [1.82, 2.24) is 0 Å². The number of hydrogen-bond acceptors (Lipinski definition) is 5. The fourth-order valence-electron chi connectivity index (χ4n) is 12.5. The van der Waals surface area contributed by atoms with Crippen molar-refractivity contribution in [2.24, 2.45) is 39.9 Å². The van der Waals surface area contributed by atoms with Gasteiger partial charge in [0, 0.05) is 12.5 Å². The average Bonchev–Trinajstić information content (AvgIpc) is 3.40. The number of esters is 1. The highest BCUT2D eigenvalue weighted by Crippen LogP contribution is 2.74. The Morgan fingerprint density at radius 3 is 1.79 bits per heavy atom. The maximum Gasteiger partial charge on any atom is 0.331 e. The van der Waals surface area contributed by atoms with Gasteiger partial charge in [-0.05, 0) is 128 Å². The summed E-state index contributed by atoms with van der Waals surface area (Å²) in [5.74, 6) is -0.977. The number of allylic oxidation sites excluding steroid dienone is 2. The lowest BCUT2D eigenvalue weighted by Gasteiger charge is -2.69. The first-order chi connectivity index (χ1) is 27.1. The van der Waals surface area contributed by atoms with E-state index in [1.165, 1.54) is 103 Å². The van der Waals surface area contributed by atoms with Gasteiger partial charge in [0.15, 0.2) is 0 Å². The van der Waals surface area contributed by atoms with Crippen LogP contribution in [-0.4, -0.2) is 77.7 Å². The zero-order valence-corrected chi connectivity index (χ0v) is 40.8. The maximum absolute atomic E-state index is 12.7. The molecule has 8 heteroatoms. The van der Waals surface area contributed by atoms with Crippen molar-refractivity contribution in [1.29, 1.82) is 0 Å². The molecule has 336 valence electrons. The molecule has 4 saturated carbocycles. The van der Waals surface area contributed by atoms with Gasteiger partial charge in [0.2, 0.25) is 0 Å². The number of carbonyl (C=O) groups is 2. The van der Waals surface area contributed by atoms with Crippen LogP contribution in [0.5, 0.6) is 0 Å². The highest BCUT2D eigenvalue weighted by Gasteiger charge is 2.70. The zero-order valence-electron chi connectivity index (χ0n) is 39.2. The third-order valence-electron chi connectivity index (χ3n) is 15.9. The number of hydrogen-bond donors (Lipinski definition) is 3. The summed E-state index contributed by atoms with van der Waals surface area (Å²) in [6, 6.07) is 0.